The lowest BCUT2D eigenvalue weighted by atomic mass is 9.95. The minimum absolute atomic E-state index is 0.0104. The first-order chi connectivity index (χ1) is 14.8. The molecule has 168 valence electrons. The summed E-state index contributed by atoms with van der Waals surface area (Å²) in [6.07, 6.45) is 7.46. The molecule has 1 aromatic carbocycles. The molecule has 7 heteroatoms. The lowest BCUT2D eigenvalue weighted by molar-refractivity contribution is -0.144. The van der Waals surface area contributed by atoms with Crippen molar-refractivity contribution in [2.75, 3.05) is 20.1 Å². The largest absolute Gasteiger partial charge is 0.341 e. The topological polar surface area (TPSA) is 58.4 Å². The number of carbonyl (C=O) groups excluding carboxylic acids is 2. The van der Waals surface area contributed by atoms with Crippen LogP contribution in [0.4, 0.5) is 0 Å². The van der Waals surface area contributed by atoms with Gasteiger partial charge in [-0.05, 0) is 48.4 Å². The van der Waals surface area contributed by atoms with Gasteiger partial charge in [-0.15, -0.1) is 0 Å². The van der Waals surface area contributed by atoms with Crippen molar-refractivity contribution < 1.29 is 9.59 Å². The van der Waals surface area contributed by atoms with Crippen LogP contribution in [0, 0.1) is 5.92 Å². The van der Waals surface area contributed by atoms with E-state index in [2.05, 4.69) is 18.9 Å². The standard InChI is InChI=1S/C24H33ClN4O2/c1-17(2)7-10-23(30)28(4)22(24(31)29-11-5-6-12-29)14-18-13-20(25)8-9-21(18)19-15-26-27(3)16-19/h8-9,13,15-17,22H,5-7,10-12,14H2,1-4H3/t22-/m0/s1. The summed E-state index contributed by atoms with van der Waals surface area (Å²) in [5, 5.41) is 4.90. The average molecular weight is 445 g/mol. The van der Waals surface area contributed by atoms with Crippen LogP contribution in [-0.4, -0.2) is 57.6 Å². The number of halogens is 1. The first kappa shape index (κ1) is 23.3. The summed E-state index contributed by atoms with van der Waals surface area (Å²) in [5.41, 5.74) is 2.90. The van der Waals surface area contributed by atoms with E-state index in [1.807, 2.05) is 42.5 Å². The molecule has 0 unspecified atom stereocenters. The summed E-state index contributed by atoms with van der Waals surface area (Å²) in [7, 11) is 3.63. The third-order valence-electron chi connectivity index (χ3n) is 6.00. The number of aromatic nitrogens is 2. The predicted octanol–water partition coefficient (Wildman–Crippen LogP) is 4.17. The highest BCUT2D eigenvalue weighted by atomic mass is 35.5. The summed E-state index contributed by atoms with van der Waals surface area (Å²) in [4.78, 5) is 29.9. The first-order valence-corrected chi connectivity index (χ1v) is 11.5. The molecule has 1 aliphatic heterocycles. The third kappa shape index (κ3) is 5.88. The molecule has 2 heterocycles. The molecule has 31 heavy (non-hydrogen) atoms. The average Bonchev–Trinajstić information content (AvgIpc) is 3.41. The lowest BCUT2D eigenvalue weighted by Gasteiger charge is -2.31. The minimum Gasteiger partial charge on any atom is -0.341 e. The zero-order chi connectivity index (χ0) is 22.5. The fraction of sp³-hybridized carbons (Fsp3) is 0.542. The fourth-order valence-electron chi connectivity index (χ4n) is 4.08. The van der Waals surface area contributed by atoms with Crippen molar-refractivity contribution in [2.45, 2.75) is 52.0 Å². The Kier molecular flexibility index (Phi) is 7.76. The van der Waals surface area contributed by atoms with Gasteiger partial charge < -0.3 is 9.80 Å². The first-order valence-electron chi connectivity index (χ1n) is 11.1. The zero-order valence-corrected chi connectivity index (χ0v) is 19.7. The normalized spacial score (nSPS) is 14.8. The highest BCUT2D eigenvalue weighted by molar-refractivity contribution is 6.30. The maximum Gasteiger partial charge on any atom is 0.245 e. The van der Waals surface area contributed by atoms with Gasteiger partial charge in [0.05, 0.1) is 6.20 Å². The van der Waals surface area contributed by atoms with Gasteiger partial charge in [0.2, 0.25) is 11.8 Å². The van der Waals surface area contributed by atoms with Gasteiger partial charge in [0.25, 0.3) is 0 Å². The number of hydrogen-bond donors (Lipinski definition) is 0. The molecular formula is C24H33ClN4O2. The van der Waals surface area contributed by atoms with Crippen LogP contribution in [0.15, 0.2) is 30.6 Å². The van der Waals surface area contributed by atoms with Crippen LogP contribution < -0.4 is 0 Å². The molecule has 2 amide bonds. The number of likely N-dealkylation sites (tertiary alicyclic amines) is 1. The molecule has 1 atom stereocenters. The van der Waals surface area contributed by atoms with E-state index in [-0.39, 0.29) is 11.8 Å². The number of rotatable bonds is 8. The van der Waals surface area contributed by atoms with Gasteiger partial charge in [-0.2, -0.15) is 5.10 Å². The minimum atomic E-state index is -0.549. The van der Waals surface area contributed by atoms with Crippen molar-refractivity contribution in [1.82, 2.24) is 19.6 Å². The van der Waals surface area contributed by atoms with Crippen LogP contribution in [0.5, 0.6) is 0 Å². The summed E-state index contributed by atoms with van der Waals surface area (Å²) in [5.74, 6) is 0.474. The molecule has 0 aliphatic carbocycles. The Morgan fingerprint density at radius 2 is 1.94 bits per heavy atom. The van der Waals surface area contributed by atoms with Crippen LogP contribution in [-0.2, 0) is 23.1 Å². The Balaban J connectivity index is 1.92. The van der Waals surface area contributed by atoms with Crippen LogP contribution in [0.25, 0.3) is 11.1 Å². The summed E-state index contributed by atoms with van der Waals surface area (Å²) in [6.45, 7) is 5.72. The van der Waals surface area contributed by atoms with E-state index in [9.17, 15) is 9.59 Å². The van der Waals surface area contributed by atoms with Gasteiger partial charge >= 0.3 is 0 Å². The molecule has 0 spiro atoms. The van der Waals surface area contributed by atoms with Crippen molar-refractivity contribution in [3.63, 3.8) is 0 Å². The molecule has 0 bridgehead atoms. The second kappa shape index (κ2) is 10.3. The SMILES string of the molecule is CC(C)CCC(=O)N(C)[C@@H](Cc1cc(Cl)ccc1-c1cnn(C)c1)C(=O)N1CCCC1. The summed E-state index contributed by atoms with van der Waals surface area (Å²) < 4.78 is 1.75. The maximum atomic E-state index is 13.5. The number of nitrogens with zero attached hydrogens (tertiary/aromatic N) is 4. The quantitative estimate of drug-likeness (QED) is 0.614. The van der Waals surface area contributed by atoms with Crippen LogP contribution in [0.1, 0.15) is 45.1 Å². The number of amides is 2. The summed E-state index contributed by atoms with van der Waals surface area (Å²) in [6, 6.07) is 5.17. The number of likely N-dealkylation sites (N-methyl/N-ethyl adjacent to an activating group) is 1. The molecule has 0 radical (unpaired) electrons. The number of carbonyl (C=O) groups is 2. The van der Waals surface area contributed by atoms with Gasteiger partial charge in [-0.25, -0.2) is 0 Å². The van der Waals surface area contributed by atoms with Crippen LogP contribution in [0.2, 0.25) is 5.02 Å². The molecule has 1 fully saturated rings. The Bertz CT molecular complexity index is 918. The Morgan fingerprint density at radius 1 is 1.23 bits per heavy atom. The maximum absolute atomic E-state index is 13.5. The van der Waals surface area contributed by atoms with Gasteiger partial charge in [0.1, 0.15) is 6.04 Å². The smallest absolute Gasteiger partial charge is 0.245 e. The van der Waals surface area contributed by atoms with Crippen LogP contribution in [0.3, 0.4) is 0 Å². The molecular weight excluding hydrogens is 412 g/mol. The van der Waals surface area contributed by atoms with Gasteiger partial charge in [-0.3, -0.25) is 14.3 Å². The van der Waals surface area contributed by atoms with Gasteiger partial charge in [-0.1, -0.05) is 31.5 Å². The summed E-state index contributed by atoms with van der Waals surface area (Å²) >= 11 is 6.33. The molecule has 6 nitrogen and oxygen atoms in total. The van der Waals surface area contributed by atoms with Crippen molar-refractivity contribution in [1.29, 1.82) is 0 Å². The van der Waals surface area contributed by atoms with Gasteiger partial charge in [0.15, 0.2) is 0 Å². The number of hydrogen-bond acceptors (Lipinski definition) is 3. The van der Waals surface area contributed by atoms with E-state index in [0.29, 0.717) is 23.8 Å². The Labute approximate surface area is 190 Å². The monoisotopic (exact) mass is 444 g/mol. The molecule has 0 saturated carbocycles. The second-order valence-corrected chi connectivity index (χ2v) is 9.33. The van der Waals surface area contributed by atoms with Crippen molar-refractivity contribution in [3.05, 3.63) is 41.2 Å². The molecule has 1 aliphatic rings. The van der Waals surface area contributed by atoms with Crippen molar-refractivity contribution >= 4 is 23.4 Å². The number of aryl methyl sites for hydroxylation is 1. The zero-order valence-electron chi connectivity index (χ0n) is 19.0. The van der Waals surface area contributed by atoms with E-state index in [4.69, 9.17) is 11.6 Å². The molecule has 2 aromatic rings. The highest BCUT2D eigenvalue weighted by Gasteiger charge is 2.32. The Hall–Kier alpha value is -2.34. The van der Waals surface area contributed by atoms with Gasteiger partial charge in [0, 0.05) is 56.8 Å². The van der Waals surface area contributed by atoms with E-state index < -0.39 is 6.04 Å². The fourth-order valence-corrected chi connectivity index (χ4v) is 4.28. The van der Waals surface area contributed by atoms with E-state index in [1.165, 1.54) is 0 Å². The highest BCUT2D eigenvalue weighted by Crippen LogP contribution is 2.29. The molecule has 1 saturated heterocycles. The van der Waals surface area contributed by atoms with Crippen molar-refractivity contribution in [3.8, 4) is 11.1 Å². The molecule has 1 aromatic heterocycles. The molecule has 0 N–H and O–H groups in total. The second-order valence-electron chi connectivity index (χ2n) is 8.89. The Morgan fingerprint density at radius 3 is 2.55 bits per heavy atom. The lowest BCUT2D eigenvalue weighted by Crippen LogP contribution is -2.49. The third-order valence-corrected chi connectivity index (χ3v) is 6.23. The predicted molar refractivity (Wildman–Crippen MR) is 124 cm³/mol. The van der Waals surface area contributed by atoms with Crippen LogP contribution >= 0.6 is 11.6 Å². The number of benzene rings is 1. The van der Waals surface area contributed by atoms with E-state index >= 15 is 0 Å². The molecule has 3 rings (SSSR count). The van der Waals surface area contributed by atoms with E-state index in [1.54, 1.807) is 16.6 Å². The van der Waals surface area contributed by atoms with E-state index in [0.717, 1.165) is 49.0 Å². The van der Waals surface area contributed by atoms with Crippen molar-refractivity contribution in [2.24, 2.45) is 13.0 Å².